The molecule has 0 saturated heterocycles. The predicted octanol–water partition coefficient (Wildman–Crippen LogP) is 3.38. The monoisotopic (exact) mass is 324 g/mol. The summed E-state index contributed by atoms with van der Waals surface area (Å²) in [6.07, 6.45) is 4.47. The first kappa shape index (κ1) is 14.8. The van der Waals surface area contributed by atoms with E-state index in [1.165, 1.54) is 12.4 Å². The van der Waals surface area contributed by atoms with E-state index in [-0.39, 0.29) is 29.3 Å². The molecule has 1 aliphatic carbocycles. The summed E-state index contributed by atoms with van der Waals surface area (Å²) in [5, 5.41) is 0.131. The molecule has 0 aliphatic heterocycles. The summed E-state index contributed by atoms with van der Waals surface area (Å²) in [7, 11) is 0. The van der Waals surface area contributed by atoms with Gasteiger partial charge < -0.3 is 4.74 Å². The number of hydrogen-bond donors (Lipinski definition) is 0. The Labute approximate surface area is 130 Å². The molecule has 1 heterocycles. The van der Waals surface area contributed by atoms with Gasteiger partial charge in [0.15, 0.2) is 6.29 Å². The first-order chi connectivity index (χ1) is 10.6. The maximum absolute atomic E-state index is 13.6. The Kier molecular flexibility index (Phi) is 4.02. The van der Waals surface area contributed by atoms with Crippen molar-refractivity contribution in [1.29, 1.82) is 0 Å². The van der Waals surface area contributed by atoms with Crippen molar-refractivity contribution >= 4 is 17.9 Å². The second-order valence-corrected chi connectivity index (χ2v) is 5.65. The summed E-state index contributed by atoms with van der Waals surface area (Å²) >= 11 is 5.85. The highest BCUT2D eigenvalue weighted by molar-refractivity contribution is 6.21. The van der Waals surface area contributed by atoms with E-state index in [9.17, 15) is 13.6 Å². The summed E-state index contributed by atoms with van der Waals surface area (Å²) in [5.41, 5.74) is 0.0771. The van der Waals surface area contributed by atoms with Crippen LogP contribution in [0.1, 0.15) is 23.2 Å². The molecule has 1 saturated carbocycles. The smallest absolute Gasteiger partial charge is 0.316 e. The first-order valence-electron chi connectivity index (χ1n) is 6.64. The highest BCUT2D eigenvalue weighted by atomic mass is 35.5. The molecule has 0 atom stereocenters. The number of hydrogen-bond acceptors (Lipinski definition) is 4. The van der Waals surface area contributed by atoms with Gasteiger partial charge in [0.05, 0.1) is 5.56 Å². The molecule has 1 aliphatic rings. The lowest BCUT2D eigenvalue weighted by molar-refractivity contribution is 0.111. The number of ether oxygens (including phenoxy) is 1. The van der Waals surface area contributed by atoms with Crippen LogP contribution in [-0.4, -0.2) is 27.7 Å². The molecule has 22 heavy (non-hydrogen) atoms. The minimum Gasteiger partial charge on any atom is -0.460 e. The van der Waals surface area contributed by atoms with Gasteiger partial charge in [-0.2, -0.15) is 0 Å². The highest BCUT2D eigenvalue weighted by Crippen LogP contribution is 2.29. The van der Waals surface area contributed by atoms with Gasteiger partial charge in [-0.1, -0.05) is 0 Å². The van der Waals surface area contributed by atoms with Crippen molar-refractivity contribution in [1.82, 2.24) is 9.97 Å². The normalized spacial score (nSPS) is 20.3. The summed E-state index contributed by atoms with van der Waals surface area (Å²) in [5.74, 6) is -1.85. The molecule has 4 nitrogen and oxygen atoms in total. The Balaban J connectivity index is 1.79. The number of nitrogens with zero attached hydrogens (tertiary/aromatic N) is 2. The molecule has 0 bridgehead atoms. The van der Waals surface area contributed by atoms with Gasteiger partial charge in [-0.3, -0.25) is 4.79 Å². The van der Waals surface area contributed by atoms with Gasteiger partial charge in [-0.15, -0.1) is 11.6 Å². The highest BCUT2D eigenvalue weighted by Gasteiger charge is 2.29. The van der Waals surface area contributed by atoms with E-state index in [4.69, 9.17) is 16.3 Å². The molecule has 7 heteroatoms. The van der Waals surface area contributed by atoms with Gasteiger partial charge in [0.2, 0.25) is 0 Å². The Morgan fingerprint density at radius 2 is 1.73 bits per heavy atom. The fraction of sp³-hybridized carbons (Fsp3) is 0.267. The summed E-state index contributed by atoms with van der Waals surface area (Å²) < 4.78 is 32.7. The van der Waals surface area contributed by atoms with Crippen LogP contribution in [0.25, 0.3) is 11.1 Å². The number of alkyl halides is 1. The fourth-order valence-electron chi connectivity index (χ4n) is 2.14. The van der Waals surface area contributed by atoms with E-state index < -0.39 is 17.2 Å². The number of carbonyl (C=O) groups excluding carboxylic acids is 1. The zero-order valence-corrected chi connectivity index (χ0v) is 12.1. The van der Waals surface area contributed by atoms with Crippen molar-refractivity contribution < 1.29 is 18.3 Å². The van der Waals surface area contributed by atoms with E-state index in [0.29, 0.717) is 5.56 Å². The molecule has 1 aromatic carbocycles. The van der Waals surface area contributed by atoms with Crippen molar-refractivity contribution in [2.45, 2.75) is 24.3 Å². The lowest BCUT2D eigenvalue weighted by Gasteiger charge is -2.30. The van der Waals surface area contributed by atoms with Crippen molar-refractivity contribution in [3.05, 3.63) is 41.7 Å². The van der Waals surface area contributed by atoms with Crippen LogP contribution in [0.3, 0.4) is 0 Å². The standard InChI is InChI=1S/C15H11ClF2N2O2/c16-10-3-11(4-10)22-15-19-5-9(6-20-15)8-1-13(17)12(7-21)14(18)2-8/h1-2,5-7,10-11H,3-4H2. The molecule has 0 N–H and O–H groups in total. The van der Waals surface area contributed by atoms with Crippen molar-refractivity contribution in [3.8, 4) is 17.1 Å². The lowest BCUT2D eigenvalue weighted by atomic mass is 9.95. The maximum Gasteiger partial charge on any atom is 0.316 e. The van der Waals surface area contributed by atoms with Crippen LogP contribution in [0.15, 0.2) is 24.5 Å². The second-order valence-electron chi connectivity index (χ2n) is 5.03. The number of carbonyl (C=O) groups is 1. The topological polar surface area (TPSA) is 52.1 Å². The predicted molar refractivity (Wildman–Crippen MR) is 76.1 cm³/mol. The van der Waals surface area contributed by atoms with E-state index in [0.717, 1.165) is 25.0 Å². The Morgan fingerprint density at radius 3 is 2.23 bits per heavy atom. The molecular formula is C15H11ClF2N2O2. The molecule has 0 unspecified atom stereocenters. The summed E-state index contributed by atoms with van der Waals surface area (Å²) in [6, 6.07) is 2.33. The van der Waals surface area contributed by atoms with E-state index in [1.807, 2.05) is 0 Å². The Hall–Kier alpha value is -2.08. The van der Waals surface area contributed by atoms with Crippen LogP contribution in [0, 0.1) is 11.6 Å². The van der Waals surface area contributed by atoms with Gasteiger partial charge in [0.1, 0.15) is 17.7 Å². The third-order valence-electron chi connectivity index (χ3n) is 3.47. The number of aldehydes is 1. The first-order valence-corrected chi connectivity index (χ1v) is 7.08. The SMILES string of the molecule is O=Cc1c(F)cc(-c2cnc(OC3CC(Cl)C3)nc2)cc1F. The quantitative estimate of drug-likeness (QED) is 0.639. The second kappa shape index (κ2) is 5.96. The van der Waals surface area contributed by atoms with E-state index >= 15 is 0 Å². The molecule has 0 amide bonds. The average Bonchev–Trinajstić information content (AvgIpc) is 2.46. The number of aromatic nitrogens is 2. The van der Waals surface area contributed by atoms with Crippen LogP contribution in [-0.2, 0) is 0 Å². The summed E-state index contributed by atoms with van der Waals surface area (Å²) in [6.45, 7) is 0. The summed E-state index contributed by atoms with van der Waals surface area (Å²) in [4.78, 5) is 18.6. The van der Waals surface area contributed by atoms with Gasteiger partial charge in [0.25, 0.3) is 0 Å². The van der Waals surface area contributed by atoms with Crippen LogP contribution in [0.4, 0.5) is 8.78 Å². The maximum atomic E-state index is 13.6. The van der Waals surface area contributed by atoms with Crippen molar-refractivity contribution in [2.75, 3.05) is 0 Å². The minimum absolute atomic E-state index is 0.00936. The van der Waals surface area contributed by atoms with Crippen LogP contribution in [0.2, 0.25) is 0 Å². The third-order valence-corrected chi connectivity index (χ3v) is 3.82. The van der Waals surface area contributed by atoms with E-state index in [2.05, 4.69) is 9.97 Å². The molecule has 2 aromatic rings. The zero-order chi connectivity index (χ0) is 15.7. The average molecular weight is 325 g/mol. The van der Waals surface area contributed by atoms with Gasteiger partial charge in [-0.25, -0.2) is 18.7 Å². The number of rotatable bonds is 4. The van der Waals surface area contributed by atoms with Crippen LogP contribution < -0.4 is 4.74 Å². The van der Waals surface area contributed by atoms with E-state index in [1.54, 1.807) is 0 Å². The van der Waals surface area contributed by atoms with Crippen molar-refractivity contribution in [3.63, 3.8) is 0 Å². The zero-order valence-electron chi connectivity index (χ0n) is 11.3. The lowest BCUT2D eigenvalue weighted by Crippen LogP contribution is -2.34. The molecule has 3 rings (SSSR count). The van der Waals surface area contributed by atoms with Gasteiger partial charge >= 0.3 is 6.01 Å². The molecule has 0 radical (unpaired) electrons. The van der Waals surface area contributed by atoms with Crippen molar-refractivity contribution in [2.24, 2.45) is 0 Å². The molecule has 1 aromatic heterocycles. The third kappa shape index (κ3) is 2.92. The number of halogens is 3. The number of benzene rings is 1. The van der Waals surface area contributed by atoms with Gasteiger partial charge in [0, 0.05) is 36.2 Å². The molecule has 114 valence electrons. The Morgan fingerprint density at radius 1 is 1.14 bits per heavy atom. The largest absolute Gasteiger partial charge is 0.460 e. The fourth-order valence-corrected chi connectivity index (χ4v) is 2.53. The van der Waals surface area contributed by atoms with Crippen LogP contribution >= 0.6 is 11.6 Å². The minimum atomic E-state index is -0.923. The molecular weight excluding hydrogens is 314 g/mol. The molecule has 1 fully saturated rings. The van der Waals surface area contributed by atoms with Gasteiger partial charge in [-0.05, 0) is 17.7 Å². The molecule has 0 spiro atoms. The Bertz CT molecular complexity index is 680. The van der Waals surface area contributed by atoms with Crippen LogP contribution in [0.5, 0.6) is 6.01 Å².